The highest BCUT2D eigenvalue weighted by molar-refractivity contribution is 6.43. The van der Waals surface area contributed by atoms with Gasteiger partial charge in [0.15, 0.2) is 0 Å². The van der Waals surface area contributed by atoms with Gasteiger partial charge in [0.2, 0.25) is 0 Å². The highest BCUT2D eigenvalue weighted by Gasteiger charge is 2.12. The van der Waals surface area contributed by atoms with Crippen molar-refractivity contribution in [3.8, 4) is 0 Å². The van der Waals surface area contributed by atoms with Crippen molar-refractivity contribution in [3.63, 3.8) is 0 Å². The number of nitrogens with one attached hydrogen (secondary N) is 2. The molecule has 0 saturated heterocycles. The van der Waals surface area contributed by atoms with E-state index in [0.29, 0.717) is 21.3 Å². The normalized spacial score (nSPS) is 10.6. The summed E-state index contributed by atoms with van der Waals surface area (Å²) >= 11 is 11.8. The minimum atomic E-state index is -0.888. The Morgan fingerprint density at radius 1 is 1.09 bits per heavy atom. The molecule has 0 spiro atoms. The molecule has 0 bridgehead atoms. The van der Waals surface area contributed by atoms with Crippen molar-refractivity contribution in [1.82, 2.24) is 5.43 Å². The standard InChI is InChI=1S/C16H13Cl2N3O2/c1-10-4-2-6-12(8-10)20-15(22)16(23)21-19-9-11-5-3-7-13(17)14(11)18/h2-9H,1H3,(H,20,22)(H,21,23). The van der Waals surface area contributed by atoms with Gasteiger partial charge in [-0.15, -0.1) is 0 Å². The fourth-order valence-electron chi connectivity index (χ4n) is 1.74. The molecule has 0 aromatic heterocycles. The molecule has 5 nitrogen and oxygen atoms in total. The Hall–Kier alpha value is -2.37. The summed E-state index contributed by atoms with van der Waals surface area (Å²) < 4.78 is 0. The molecule has 0 atom stereocenters. The van der Waals surface area contributed by atoms with Crippen molar-refractivity contribution >= 4 is 46.9 Å². The quantitative estimate of drug-likeness (QED) is 0.506. The Kier molecular flexibility index (Phi) is 5.73. The third-order valence-corrected chi connectivity index (χ3v) is 3.67. The molecule has 7 heteroatoms. The van der Waals surface area contributed by atoms with E-state index in [9.17, 15) is 9.59 Å². The van der Waals surface area contributed by atoms with Crippen LogP contribution in [0.15, 0.2) is 47.6 Å². The molecule has 0 saturated carbocycles. The molecule has 2 aromatic rings. The lowest BCUT2D eigenvalue weighted by Gasteiger charge is -2.04. The summed E-state index contributed by atoms with van der Waals surface area (Å²) in [6, 6.07) is 12.1. The van der Waals surface area contributed by atoms with Crippen molar-refractivity contribution in [3.05, 3.63) is 63.6 Å². The zero-order valence-electron chi connectivity index (χ0n) is 12.1. The molecule has 0 fully saturated rings. The van der Waals surface area contributed by atoms with Gasteiger partial charge in [-0.1, -0.05) is 47.5 Å². The van der Waals surface area contributed by atoms with Gasteiger partial charge in [0.05, 0.1) is 16.3 Å². The summed E-state index contributed by atoms with van der Waals surface area (Å²) in [6.07, 6.45) is 1.31. The van der Waals surface area contributed by atoms with Gasteiger partial charge in [0, 0.05) is 11.3 Å². The lowest BCUT2D eigenvalue weighted by Crippen LogP contribution is -2.32. The number of hydrogen-bond acceptors (Lipinski definition) is 3. The maximum Gasteiger partial charge on any atom is 0.329 e. The largest absolute Gasteiger partial charge is 0.329 e. The summed E-state index contributed by atoms with van der Waals surface area (Å²) in [5.74, 6) is -1.70. The lowest BCUT2D eigenvalue weighted by atomic mass is 10.2. The number of aryl methyl sites for hydroxylation is 1. The van der Waals surface area contributed by atoms with E-state index < -0.39 is 11.8 Å². The van der Waals surface area contributed by atoms with Gasteiger partial charge in [-0.25, -0.2) is 5.43 Å². The summed E-state index contributed by atoms with van der Waals surface area (Å²) in [7, 11) is 0. The molecule has 0 aliphatic carbocycles. The molecule has 0 heterocycles. The zero-order valence-corrected chi connectivity index (χ0v) is 13.7. The summed E-state index contributed by atoms with van der Waals surface area (Å²) in [4.78, 5) is 23.4. The minimum Gasteiger partial charge on any atom is -0.318 e. The second kappa shape index (κ2) is 7.76. The highest BCUT2D eigenvalue weighted by Crippen LogP contribution is 2.24. The molecule has 23 heavy (non-hydrogen) atoms. The van der Waals surface area contributed by atoms with E-state index in [0.717, 1.165) is 5.56 Å². The maximum absolute atomic E-state index is 11.7. The van der Waals surface area contributed by atoms with Crippen molar-refractivity contribution in [2.24, 2.45) is 5.10 Å². The number of carbonyl (C=O) groups is 2. The van der Waals surface area contributed by atoms with Crippen LogP contribution >= 0.6 is 23.2 Å². The summed E-state index contributed by atoms with van der Waals surface area (Å²) in [5.41, 5.74) is 4.16. The number of rotatable bonds is 3. The molecule has 0 radical (unpaired) electrons. The predicted octanol–water partition coefficient (Wildman–Crippen LogP) is 3.39. The van der Waals surface area contributed by atoms with Crippen LogP contribution < -0.4 is 10.7 Å². The van der Waals surface area contributed by atoms with Crippen LogP contribution in [0, 0.1) is 6.92 Å². The Balaban J connectivity index is 1.95. The Labute approximate surface area is 143 Å². The van der Waals surface area contributed by atoms with Crippen LogP contribution in [-0.4, -0.2) is 18.0 Å². The van der Waals surface area contributed by atoms with Gasteiger partial charge in [0.25, 0.3) is 0 Å². The van der Waals surface area contributed by atoms with E-state index in [2.05, 4.69) is 15.8 Å². The average Bonchev–Trinajstić information content (AvgIpc) is 2.51. The fourth-order valence-corrected chi connectivity index (χ4v) is 2.10. The summed E-state index contributed by atoms with van der Waals surface area (Å²) in [6.45, 7) is 1.88. The molecule has 0 unspecified atom stereocenters. The Morgan fingerprint density at radius 2 is 1.83 bits per heavy atom. The van der Waals surface area contributed by atoms with Crippen LogP contribution in [0.25, 0.3) is 0 Å². The first-order valence-corrected chi connectivity index (χ1v) is 7.38. The predicted molar refractivity (Wildman–Crippen MR) is 92.0 cm³/mol. The first-order valence-electron chi connectivity index (χ1n) is 6.62. The number of halogens is 2. The van der Waals surface area contributed by atoms with Gasteiger partial charge in [-0.3, -0.25) is 9.59 Å². The number of anilines is 1. The molecule has 118 valence electrons. The number of carbonyl (C=O) groups excluding carboxylic acids is 2. The smallest absolute Gasteiger partial charge is 0.318 e. The van der Waals surface area contributed by atoms with E-state index >= 15 is 0 Å². The van der Waals surface area contributed by atoms with Gasteiger partial charge < -0.3 is 5.32 Å². The van der Waals surface area contributed by atoms with E-state index in [1.807, 2.05) is 13.0 Å². The van der Waals surface area contributed by atoms with Crippen molar-refractivity contribution in [2.75, 3.05) is 5.32 Å². The molecular weight excluding hydrogens is 337 g/mol. The molecule has 2 aromatic carbocycles. The number of nitrogens with zero attached hydrogens (tertiary/aromatic N) is 1. The molecule has 2 rings (SSSR count). The molecule has 0 aliphatic heterocycles. The molecule has 0 aliphatic rings. The molecule has 2 N–H and O–H groups in total. The number of hydrogen-bond donors (Lipinski definition) is 2. The van der Waals surface area contributed by atoms with Crippen LogP contribution in [0.2, 0.25) is 10.0 Å². The topological polar surface area (TPSA) is 70.6 Å². The van der Waals surface area contributed by atoms with Gasteiger partial charge in [0.1, 0.15) is 0 Å². The Bertz CT molecular complexity index is 776. The number of hydrazone groups is 1. The third kappa shape index (κ3) is 4.81. The second-order valence-electron chi connectivity index (χ2n) is 4.67. The van der Waals surface area contributed by atoms with Crippen molar-refractivity contribution < 1.29 is 9.59 Å². The SMILES string of the molecule is Cc1cccc(NC(=O)C(=O)NN=Cc2cccc(Cl)c2Cl)c1. The van der Waals surface area contributed by atoms with Crippen LogP contribution in [0.4, 0.5) is 5.69 Å². The van der Waals surface area contributed by atoms with Crippen LogP contribution in [-0.2, 0) is 9.59 Å². The van der Waals surface area contributed by atoms with E-state index in [1.54, 1.807) is 36.4 Å². The van der Waals surface area contributed by atoms with E-state index in [1.165, 1.54) is 6.21 Å². The number of amides is 2. The van der Waals surface area contributed by atoms with Crippen LogP contribution in [0.5, 0.6) is 0 Å². The first-order chi connectivity index (χ1) is 11.0. The second-order valence-corrected chi connectivity index (χ2v) is 5.45. The van der Waals surface area contributed by atoms with Gasteiger partial charge in [-0.05, 0) is 30.7 Å². The van der Waals surface area contributed by atoms with Crippen LogP contribution in [0.3, 0.4) is 0 Å². The Morgan fingerprint density at radius 3 is 2.57 bits per heavy atom. The van der Waals surface area contributed by atoms with Gasteiger partial charge in [-0.2, -0.15) is 5.10 Å². The minimum absolute atomic E-state index is 0.316. The van der Waals surface area contributed by atoms with Crippen LogP contribution in [0.1, 0.15) is 11.1 Å². The maximum atomic E-state index is 11.7. The van der Waals surface area contributed by atoms with Crippen molar-refractivity contribution in [2.45, 2.75) is 6.92 Å². The van der Waals surface area contributed by atoms with E-state index in [4.69, 9.17) is 23.2 Å². The monoisotopic (exact) mass is 349 g/mol. The number of benzene rings is 2. The van der Waals surface area contributed by atoms with E-state index in [-0.39, 0.29) is 0 Å². The first kappa shape index (κ1) is 17.0. The fraction of sp³-hybridized carbons (Fsp3) is 0.0625. The molecular formula is C16H13Cl2N3O2. The third-order valence-electron chi connectivity index (χ3n) is 2.83. The average molecular weight is 350 g/mol. The molecule has 2 amide bonds. The zero-order chi connectivity index (χ0) is 16.8. The lowest BCUT2D eigenvalue weighted by molar-refractivity contribution is -0.136. The van der Waals surface area contributed by atoms with Gasteiger partial charge >= 0.3 is 11.8 Å². The highest BCUT2D eigenvalue weighted by atomic mass is 35.5. The summed E-state index contributed by atoms with van der Waals surface area (Å²) in [5, 5.41) is 6.87. The van der Waals surface area contributed by atoms with Crippen molar-refractivity contribution in [1.29, 1.82) is 0 Å².